The van der Waals surface area contributed by atoms with Crippen molar-refractivity contribution in [2.75, 3.05) is 0 Å². The monoisotopic (exact) mass is 364 g/mol. The van der Waals surface area contributed by atoms with Gasteiger partial charge in [-0.25, -0.2) is 10.1 Å². The summed E-state index contributed by atoms with van der Waals surface area (Å²) in [4.78, 5) is 10.2. The molecule has 90 valence electrons. The molecule has 0 radical (unpaired) electrons. The third-order valence-corrected chi connectivity index (χ3v) is 3.59. The van der Waals surface area contributed by atoms with Gasteiger partial charge in [0.05, 0.1) is 0 Å². The molecule has 0 spiro atoms. The van der Waals surface area contributed by atoms with Gasteiger partial charge in [0.2, 0.25) is 0 Å². The van der Waals surface area contributed by atoms with Gasteiger partial charge in [0.15, 0.2) is 9.36 Å². The van der Waals surface area contributed by atoms with Crippen LogP contribution < -0.4 is 5.43 Å². The lowest BCUT2D eigenvalue weighted by atomic mass is 9.95. The summed E-state index contributed by atoms with van der Waals surface area (Å²) in [6.07, 6.45) is -1.46. The summed E-state index contributed by atoms with van der Waals surface area (Å²) in [5.41, 5.74) is 1.60. The van der Waals surface area contributed by atoms with Crippen molar-refractivity contribution >= 4 is 31.9 Å². The minimum absolute atomic E-state index is 0.197. The van der Waals surface area contributed by atoms with E-state index in [1.807, 2.05) is 0 Å². The fourth-order valence-electron chi connectivity index (χ4n) is 1.18. The Hall–Kier alpha value is -0.570. The molecular formula is C7H5Br2F3N2O2. The van der Waals surface area contributed by atoms with E-state index in [2.05, 4.69) is 31.9 Å². The van der Waals surface area contributed by atoms with Crippen LogP contribution in [-0.4, -0.2) is 21.6 Å². The first kappa shape index (κ1) is 13.5. The molecule has 0 amide bonds. The van der Waals surface area contributed by atoms with Crippen LogP contribution >= 0.6 is 31.9 Å². The van der Waals surface area contributed by atoms with E-state index in [0.29, 0.717) is 0 Å². The predicted octanol–water partition coefficient (Wildman–Crippen LogP) is 2.68. The lowest BCUT2D eigenvalue weighted by molar-refractivity contribution is -0.550. The molecule has 0 aromatic heterocycles. The Balaban J connectivity index is 3.10. The summed E-state index contributed by atoms with van der Waals surface area (Å²) < 4.78 is 36.1. The maximum atomic E-state index is 12.8. The van der Waals surface area contributed by atoms with E-state index in [-0.39, 0.29) is 4.48 Å². The Kier molecular flexibility index (Phi) is 3.68. The molecule has 0 aliphatic heterocycles. The normalized spacial score (nSPS) is 29.8. The van der Waals surface area contributed by atoms with E-state index in [1.54, 1.807) is 5.43 Å². The topological polar surface area (TPSA) is 55.2 Å². The number of nitrogens with zero attached hydrogens (tertiary/aromatic N) is 1. The van der Waals surface area contributed by atoms with Crippen LogP contribution in [0.15, 0.2) is 22.7 Å². The lowest BCUT2D eigenvalue weighted by Crippen LogP contribution is -2.55. The van der Waals surface area contributed by atoms with Gasteiger partial charge in [-0.15, -0.1) is 5.43 Å². The lowest BCUT2D eigenvalue weighted by Gasteiger charge is -2.33. The fourth-order valence-corrected chi connectivity index (χ4v) is 2.50. The zero-order chi connectivity index (χ0) is 12.6. The van der Waals surface area contributed by atoms with Crippen molar-refractivity contribution in [3.63, 3.8) is 0 Å². The van der Waals surface area contributed by atoms with Crippen molar-refractivity contribution in [3.8, 4) is 0 Å². The Bertz CT molecular complexity index is 369. The van der Waals surface area contributed by atoms with Gasteiger partial charge in [-0.05, 0) is 12.2 Å². The van der Waals surface area contributed by atoms with Gasteiger partial charge in [0, 0.05) is 4.48 Å². The fraction of sp³-hybridized carbons (Fsp3) is 0.429. The Labute approximate surface area is 105 Å². The molecular weight excluding hydrogens is 361 g/mol. The highest BCUT2D eigenvalue weighted by atomic mass is 79.9. The van der Waals surface area contributed by atoms with Gasteiger partial charge < -0.3 is 0 Å². The van der Waals surface area contributed by atoms with Crippen molar-refractivity contribution < 1.29 is 18.2 Å². The minimum Gasteiger partial charge on any atom is -0.235 e. The van der Waals surface area contributed by atoms with E-state index < -0.39 is 21.6 Å². The molecule has 0 saturated carbocycles. The second-order valence-corrected chi connectivity index (χ2v) is 5.25. The SMILES string of the molecule is O=[N+]([O-])NC1C=CC(Br)=CC1(Br)C(F)(F)F. The third-order valence-electron chi connectivity index (χ3n) is 1.93. The zero-order valence-electron chi connectivity index (χ0n) is 7.46. The number of alkyl halides is 4. The average molecular weight is 366 g/mol. The number of hydrogen-bond donors (Lipinski definition) is 1. The quantitative estimate of drug-likeness (QED) is 0.465. The van der Waals surface area contributed by atoms with Crippen LogP contribution in [0.4, 0.5) is 13.2 Å². The van der Waals surface area contributed by atoms with Crippen LogP contribution in [0, 0.1) is 10.1 Å². The Morgan fingerprint density at radius 3 is 2.56 bits per heavy atom. The van der Waals surface area contributed by atoms with Crippen LogP contribution in [0.5, 0.6) is 0 Å². The van der Waals surface area contributed by atoms with Crippen molar-refractivity contribution in [2.24, 2.45) is 0 Å². The molecule has 0 saturated heterocycles. The molecule has 1 aliphatic rings. The number of halogens is 5. The van der Waals surface area contributed by atoms with Crippen LogP contribution in [0.3, 0.4) is 0 Å². The number of nitrogens with one attached hydrogen (secondary N) is 1. The van der Waals surface area contributed by atoms with E-state index in [9.17, 15) is 23.3 Å². The molecule has 2 unspecified atom stereocenters. The van der Waals surface area contributed by atoms with Crippen molar-refractivity contribution in [3.05, 3.63) is 32.8 Å². The molecule has 9 heteroatoms. The highest BCUT2D eigenvalue weighted by molar-refractivity contribution is 9.12. The molecule has 2 atom stereocenters. The summed E-state index contributed by atoms with van der Waals surface area (Å²) in [5.74, 6) is 0. The van der Waals surface area contributed by atoms with Crippen molar-refractivity contribution in [1.82, 2.24) is 5.43 Å². The van der Waals surface area contributed by atoms with Gasteiger partial charge in [-0.1, -0.05) is 37.9 Å². The smallest absolute Gasteiger partial charge is 0.235 e. The van der Waals surface area contributed by atoms with Crippen LogP contribution in [-0.2, 0) is 0 Å². The van der Waals surface area contributed by atoms with Gasteiger partial charge in [-0.3, -0.25) is 0 Å². The van der Waals surface area contributed by atoms with Gasteiger partial charge in [-0.2, -0.15) is 13.2 Å². The summed E-state index contributed by atoms with van der Waals surface area (Å²) >= 11 is 5.40. The number of hydrogen-bond acceptors (Lipinski definition) is 2. The number of allylic oxidation sites excluding steroid dienone is 2. The molecule has 0 aromatic carbocycles. The third kappa shape index (κ3) is 2.57. The summed E-state index contributed by atoms with van der Waals surface area (Å²) in [5, 5.41) is 9.19. The molecule has 0 heterocycles. The minimum atomic E-state index is -4.66. The first-order valence-electron chi connectivity index (χ1n) is 3.89. The van der Waals surface area contributed by atoms with Gasteiger partial charge in [0.1, 0.15) is 6.04 Å². The summed E-state index contributed by atoms with van der Waals surface area (Å²) in [6, 6.07) is -1.51. The second kappa shape index (κ2) is 4.36. The van der Waals surface area contributed by atoms with E-state index in [4.69, 9.17) is 0 Å². The molecule has 1 rings (SSSR count). The summed E-state index contributed by atoms with van der Waals surface area (Å²) in [7, 11) is 0. The molecule has 1 aliphatic carbocycles. The standard InChI is InChI=1S/C7H5Br2F3N2O2/c8-4-1-2-5(13-14(15)16)6(9,3-4)7(10,11)12/h1-3,5,13H. The Morgan fingerprint density at radius 1 is 1.56 bits per heavy atom. The van der Waals surface area contributed by atoms with Crippen LogP contribution in [0.1, 0.15) is 0 Å². The highest BCUT2D eigenvalue weighted by Gasteiger charge is 2.58. The van der Waals surface area contributed by atoms with E-state index in [1.165, 1.54) is 6.08 Å². The molecule has 0 fully saturated rings. The zero-order valence-corrected chi connectivity index (χ0v) is 10.6. The first-order chi connectivity index (χ1) is 7.17. The number of hydrazine groups is 1. The highest BCUT2D eigenvalue weighted by Crippen LogP contribution is 2.45. The number of rotatable bonds is 2. The second-order valence-electron chi connectivity index (χ2n) is 3.02. The molecule has 1 N–H and O–H groups in total. The molecule has 0 aromatic rings. The van der Waals surface area contributed by atoms with Gasteiger partial charge >= 0.3 is 6.18 Å². The summed E-state index contributed by atoms with van der Waals surface area (Å²) in [6.45, 7) is 0. The van der Waals surface area contributed by atoms with Crippen LogP contribution in [0.2, 0.25) is 0 Å². The maximum absolute atomic E-state index is 12.8. The molecule has 16 heavy (non-hydrogen) atoms. The van der Waals surface area contributed by atoms with E-state index >= 15 is 0 Å². The number of nitro groups is 1. The van der Waals surface area contributed by atoms with Crippen LogP contribution in [0.25, 0.3) is 0 Å². The predicted molar refractivity (Wildman–Crippen MR) is 57.8 cm³/mol. The first-order valence-corrected chi connectivity index (χ1v) is 5.48. The molecule has 4 nitrogen and oxygen atoms in total. The largest absolute Gasteiger partial charge is 0.409 e. The average Bonchev–Trinajstić information content (AvgIpc) is 2.07. The van der Waals surface area contributed by atoms with Crippen molar-refractivity contribution in [2.45, 2.75) is 16.5 Å². The van der Waals surface area contributed by atoms with Crippen molar-refractivity contribution in [1.29, 1.82) is 0 Å². The molecule has 0 bridgehead atoms. The Morgan fingerprint density at radius 2 is 2.12 bits per heavy atom. The maximum Gasteiger partial charge on any atom is 0.409 e. The van der Waals surface area contributed by atoms with E-state index in [0.717, 1.165) is 12.2 Å². The van der Waals surface area contributed by atoms with Gasteiger partial charge in [0.25, 0.3) is 0 Å².